The topological polar surface area (TPSA) is 35.2 Å². The highest BCUT2D eigenvalue weighted by Crippen LogP contribution is 2.39. The Morgan fingerprint density at radius 3 is 2.05 bits per heavy atom. The van der Waals surface area contributed by atoms with E-state index in [4.69, 9.17) is 10.5 Å². The number of hydrogen-bond donors (Lipinski definition) is 1. The van der Waals surface area contributed by atoms with E-state index in [1.807, 2.05) is 6.08 Å². The van der Waals surface area contributed by atoms with E-state index >= 15 is 0 Å². The zero-order valence-electron chi connectivity index (χ0n) is 13.5. The summed E-state index contributed by atoms with van der Waals surface area (Å²) in [6, 6.07) is 0. The summed E-state index contributed by atoms with van der Waals surface area (Å²) in [5.41, 5.74) is 6.26. The molecule has 0 aromatic carbocycles. The molecule has 0 saturated heterocycles. The summed E-state index contributed by atoms with van der Waals surface area (Å²) in [6.07, 6.45) is 7.33. The maximum absolute atomic E-state index is 6.26. The van der Waals surface area contributed by atoms with Crippen LogP contribution >= 0.6 is 0 Å². The molecule has 1 saturated carbocycles. The molecule has 0 aliphatic heterocycles. The van der Waals surface area contributed by atoms with Crippen LogP contribution in [0.2, 0.25) is 0 Å². The molecule has 0 aromatic rings. The van der Waals surface area contributed by atoms with Gasteiger partial charge in [0.2, 0.25) is 0 Å². The Kier molecular flexibility index (Phi) is 5.64. The predicted octanol–water partition coefficient (Wildman–Crippen LogP) is 4.15. The van der Waals surface area contributed by atoms with Crippen molar-refractivity contribution in [2.45, 2.75) is 72.5 Å². The average molecular weight is 267 g/mol. The predicted molar refractivity (Wildman–Crippen MR) is 83.1 cm³/mol. The van der Waals surface area contributed by atoms with Crippen molar-refractivity contribution >= 4 is 0 Å². The van der Waals surface area contributed by atoms with Gasteiger partial charge in [-0.1, -0.05) is 40.7 Å². The molecule has 112 valence electrons. The van der Waals surface area contributed by atoms with Gasteiger partial charge in [-0.05, 0) is 37.0 Å². The van der Waals surface area contributed by atoms with Crippen LogP contribution in [0.4, 0.5) is 0 Å². The van der Waals surface area contributed by atoms with Crippen LogP contribution in [0, 0.1) is 16.7 Å². The fourth-order valence-corrected chi connectivity index (χ4v) is 2.96. The number of hydrogen-bond acceptors (Lipinski definition) is 2. The van der Waals surface area contributed by atoms with E-state index in [1.54, 1.807) is 0 Å². The molecule has 1 aliphatic carbocycles. The highest BCUT2D eigenvalue weighted by atomic mass is 16.5. The van der Waals surface area contributed by atoms with Gasteiger partial charge >= 0.3 is 0 Å². The van der Waals surface area contributed by atoms with Crippen LogP contribution in [0.3, 0.4) is 0 Å². The smallest absolute Gasteiger partial charge is 0.0786 e. The Hall–Kier alpha value is -0.340. The standard InChI is InChI=1S/C17H33NO/c1-7-17(5,6)15(12-18)19-14-10-8-13(9-11-14)16(2,3)4/h7,13-15H,1,8-12,18H2,2-6H3/t13-,14-,15?. The molecule has 1 fully saturated rings. The second-order valence-corrected chi connectivity index (χ2v) is 7.73. The lowest BCUT2D eigenvalue weighted by molar-refractivity contribution is -0.0750. The quantitative estimate of drug-likeness (QED) is 0.760. The minimum absolute atomic E-state index is 0.0460. The van der Waals surface area contributed by atoms with Crippen LogP contribution in [0.1, 0.15) is 60.3 Å². The average Bonchev–Trinajstić information content (AvgIpc) is 2.35. The zero-order chi connectivity index (χ0) is 14.7. The Labute approximate surface area is 119 Å². The van der Waals surface area contributed by atoms with Crippen LogP contribution in [0.25, 0.3) is 0 Å². The van der Waals surface area contributed by atoms with Gasteiger partial charge in [0.15, 0.2) is 0 Å². The van der Waals surface area contributed by atoms with Gasteiger partial charge in [-0.3, -0.25) is 0 Å². The number of nitrogens with two attached hydrogens (primary N) is 1. The summed E-state index contributed by atoms with van der Waals surface area (Å²) in [5.74, 6) is 0.830. The Morgan fingerprint density at radius 2 is 1.68 bits per heavy atom. The van der Waals surface area contributed by atoms with E-state index in [0.717, 1.165) is 5.92 Å². The first-order valence-electron chi connectivity index (χ1n) is 7.70. The van der Waals surface area contributed by atoms with E-state index < -0.39 is 0 Å². The van der Waals surface area contributed by atoms with Gasteiger partial charge in [0.1, 0.15) is 0 Å². The van der Waals surface area contributed by atoms with Crippen LogP contribution in [-0.4, -0.2) is 18.8 Å². The van der Waals surface area contributed by atoms with Gasteiger partial charge < -0.3 is 10.5 Å². The monoisotopic (exact) mass is 267 g/mol. The first kappa shape index (κ1) is 16.7. The van der Waals surface area contributed by atoms with Crippen LogP contribution in [0.15, 0.2) is 12.7 Å². The molecule has 0 aromatic heterocycles. The molecule has 0 bridgehead atoms. The fraction of sp³-hybridized carbons (Fsp3) is 0.882. The molecule has 2 nitrogen and oxygen atoms in total. The molecule has 0 spiro atoms. The largest absolute Gasteiger partial charge is 0.373 e. The van der Waals surface area contributed by atoms with Crippen molar-refractivity contribution in [1.82, 2.24) is 0 Å². The van der Waals surface area contributed by atoms with Gasteiger partial charge in [0, 0.05) is 12.0 Å². The second kappa shape index (κ2) is 6.41. The zero-order valence-corrected chi connectivity index (χ0v) is 13.5. The van der Waals surface area contributed by atoms with Crippen molar-refractivity contribution < 1.29 is 4.74 Å². The lowest BCUT2D eigenvalue weighted by Crippen LogP contribution is -2.41. The van der Waals surface area contributed by atoms with Crippen molar-refractivity contribution in [3.05, 3.63) is 12.7 Å². The highest BCUT2D eigenvalue weighted by molar-refractivity contribution is 4.95. The van der Waals surface area contributed by atoms with Crippen LogP contribution in [0.5, 0.6) is 0 Å². The normalized spacial score (nSPS) is 27.1. The van der Waals surface area contributed by atoms with Gasteiger partial charge in [0.25, 0.3) is 0 Å². The van der Waals surface area contributed by atoms with Crippen molar-refractivity contribution in [3.8, 4) is 0 Å². The first-order valence-corrected chi connectivity index (χ1v) is 7.70. The minimum atomic E-state index is -0.0460. The molecular formula is C17H33NO. The molecule has 2 heteroatoms. The van der Waals surface area contributed by atoms with E-state index in [9.17, 15) is 0 Å². The Bertz CT molecular complexity index is 282. The van der Waals surface area contributed by atoms with Gasteiger partial charge in [-0.2, -0.15) is 0 Å². The molecule has 0 heterocycles. The summed E-state index contributed by atoms with van der Waals surface area (Å²) in [6.45, 7) is 15.8. The van der Waals surface area contributed by atoms with Crippen LogP contribution in [-0.2, 0) is 4.74 Å². The molecule has 1 aliphatic rings. The van der Waals surface area contributed by atoms with Crippen molar-refractivity contribution in [2.75, 3.05) is 6.54 Å². The maximum Gasteiger partial charge on any atom is 0.0786 e. The van der Waals surface area contributed by atoms with Crippen molar-refractivity contribution in [3.63, 3.8) is 0 Å². The second-order valence-electron chi connectivity index (χ2n) is 7.73. The fourth-order valence-electron chi connectivity index (χ4n) is 2.96. The van der Waals surface area contributed by atoms with Crippen molar-refractivity contribution in [1.29, 1.82) is 0 Å². The van der Waals surface area contributed by atoms with E-state index in [2.05, 4.69) is 41.2 Å². The molecular weight excluding hydrogens is 234 g/mol. The summed E-state index contributed by atoms with van der Waals surface area (Å²) < 4.78 is 6.26. The van der Waals surface area contributed by atoms with E-state index in [-0.39, 0.29) is 11.5 Å². The summed E-state index contributed by atoms with van der Waals surface area (Å²) in [5, 5.41) is 0. The highest BCUT2D eigenvalue weighted by Gasteiger charge is 2.33. The van der Waals surface area contributed by atoms with E-state index in [1.165, 1.54) is 25.7 Å². The summed E-state index contributed by atoms with van der Waals surface area (Å²) >= 11 is 0. The molecule has 0 amide bonds. The SMILES string of the molecule is C=CC(C)(C)C(CN)O[C@H]1CC[C@H](C(C)(C)C)CC1. The maximum atomic E-state index is 6.26. The third-order valence-electron chi connectivity index (χ3n) is 4.83. The molecule has 19 heavy (non-hydrogen) atoms. The van der Waals surface area contributed by atoms with Gasteiger partial charge in [-0.15, -0.1) is 6.58 Å². The van der Waals surface area contributed by atoms with Gasteiger partial charge in [0.05, 0.1) is 12.2 Å². The summed E-state index contributed by atoms with van der Waals surface area (Å²) in [4.78, 5) is 0. The molecule has 2 N–H and O–H groups in total. The Morgan fingerprint density at radius 1 is 1.16 bits per heavy atom. The summed E-state index contributed by atoms with van der Waals surface area (Å²) in [7, 11) is 0. The van der Waals surface area contributed by atoms with E-state index in [0.29, 0.717) is 18.1 Å². The third-order valence-corrected chi connectivity index (χ3v) is 4.83. The number of ether oxygens (including phenoxy) is 1. The van der Waals surface area contributed by atoms with Crippen LogP contribution < -0.4 is 5.73 Å². The number of rotatable bonds is 5. The lowest BCUT2D eigenvalue weighted by Gasteiger charge is -2.40. The van der Waals surface area contributed by atoms with Crippen molar-refractivity contribution in [2.24, 2.45) is 22.5 Å². The molecule has 1 atom stereocenters. The van der Waals surface area contributed by atoms with Gasteiger partial charge in [-0.25, -0.2) is 0 Å². The minimum Gasteiger partial charge on any atom is -0.373 e. The lowest BCUT2D eigenvalue weighted by atomic mass is 9.72. The first-order chi connectivity index (χ1) is 8.70. The molecule has 1 unspecified atom stereocenters. The Balaban J connectivity index is 2.50. The molecule has 1 rings (SSSR count). The molecule has 0 radical (unpaired) electrons. The third kappa shape index (κ3) is 4.61.